The van der Waals surface area contributed by atoms with E-state index in [-0.39, 0.29) is 6.61 Å². The zero-order chi connectivity index (χ0) is 18.1. The van der Waals surface area contributed by atoms with Gasteiger partial charge < -0.3 is 24.4 Å². The average molecular weight is 377 g/mol. The van der Waals surface area contributed by atoms with E-state index in [2.05, 4.69) is 0 Å². The van der Waals surface area contributed by atoms with Gasteiger partial charge in [0.15, 0.2) is 6.29 Å². The van der Waals surface area contributed by atoms with Crippen molar-refractivity contribution in [2.75, 3.05) is 6.61 Å². The van der Waals surface area contributed by atoms with Crippen molar-refractivity contribution in [1.29, 1.82) is 0 Å². The van der Waals surface area contributed by atoms with Gasteiger partial charge in [0.1, 0.15) is 24.4 Å². The molecule has 2 N–H and O–H groups in total. The Bertz CT molecular complexity index is 721. The van der Waals surface area contributed by atoms with Crippen LogP contribution in [0.1, 0.15) is 17.4 Å². The van der Waals surface area contributed by atoms with Gasteiger partial charge in [0.2, 0.25) is 0 Å². The lowest BCUT2D eigenvalue weighted by molar-refractivity contribution is -0.328. The summed E-state index contributed by atoms with van der Waals surface area (Å²) in [5, 5.41) is 21.7. The molecule has 0 saturated carbocycles. The number of ether oxygens (including phenoxy) is 3. The molecule has 0 spiro atoms. The van der Waals surface area contributed by atoms with E-state index < -0.39 is 36.8 Å². The van der Waals surface area contributed by atoms with Gasteiger partial charge in [0.05, 0.1) is 12.7 Å². The first-order chi connectivity index (χ1) is 12.6. The van der Waals surface area contributed by atoms with Crippen molar-refractivity contribution >= 4 is 11.6 Å². The van der Waals surface area contributed by atoms with Crippen molar-refractivity contribution in [3.05, 3.63) is 70.7 Å². The third kappa shape index (κ3) is 3.64. The standard InChI is InChI=1S/C20H21ClO5/c21-14-8-6-13(7-9-14)20-24-11-16-19(26-20)18(23)17(22)15(25-16)10-12-4-2-1-3-5-12/h1-9,15-20,22-23H,10-11H2/t15-,16+,17-,18+,19+,20+/m0/s1. The fourth-order valence-electron chi connectivity index (χ4n) is 3.49. The van der Waals surface area contributed by atoms with E-state index in [0.29, 0.717) is 11.4 Å². The predicted molar refractivity (Wildman–Crippen MR) is 95.8 cm³/mol. The first kappa shape index (κ1) is 17.9. The van der Waals surface area contributed by atoms with Crippen molar-refractivity contribution in [1.82, 2.24) is 0 Å². The van der Waals surface area contributed by atoms with Gasteiger partial charge >= 0.3 is 0 Å². The van der Waals surface area contributed by atoms with Crippen molar-refractivity contribution in [3.63, 3.8) is 0 Å². The molecule has 4 rings (SSSR count). The Hall–Kier alpha value is -1.47. The number of hydrogen-bond acceptors (Lipinski definition) is 5. The Labute approximate surface area is 157 Å². The third-order valence-corrected chi connectivity index (χ3v) is 5.15. The van der Waals surface area contributed by atoms with E-state index in [1.807, 2.05) is 42.5 Å². The molecule has 0 aromatic heterocycles. The summed E-state index contributed by atoms with van der Waals surface area (Å²) in [6.45, 7) is 0.285. The van der Waals surface area contributed by atoms with Gasteiger partial charge in [0, 0.05) is 17.0 Å². The maximum atomic E-state index is 10.6. The van der Waals surface area contributed by atoms with E-state index in [1.54, 1.807) is 12.1 Å². The minimum atomic E-state index is -1.04. The fraction of sp³-hybridized carbons (Fsp3) is 0.400. The lowest BCUT2D eigenvalue weighted by Crippen LogP contribution is -2.62. The van der Waals surface area contributed by atoms with E-state index in [9.17, 15) is 10.2 Å². The molecule has 2 aromatic carbocycles. The van der Waals surface area contributed by atoms with Gasteiger partial charge in [-0.3, -0.25) is 0 Å². The van der Waals surface area contributed by atoms with Gasteiger partial charge in [0.25, 0.3) is 0 Å². The second-order valence-electron chi connectivity index (χ2n) is 6.70. The summed E-state index contributed by atoms with van der Waals surface area (Å²) in [5.74, 6) is 0. The highest BCUT2D eigenvalue weighted by Gasteiger charge is 2.48. The smallest absolute Gasteiger partial charge is 0.184 e. The minimum absolute atomic E-state index is 0.285. The van der Waals surface area contributed by atoms with Crippen molar-refractivity contribution in [3.8, 4) is 0 Å². The van der Waals surface area contributed by atoms with Crippen LogP contribution in [0.2, 0.25) is 5.02 Å². The molecule has 138 valence electrons. The maximum Gasteiger partial charge on any atom is 0.184 e. The minimum Gasteiger partial charge on any atom is -0.388 e. The van der Waals surface area contributed by atoms with E-state index in [1.165, 1.54) is 0 Å². The molecule has 2 aromatic rings. The molecule has 6 heteroatoms. The van der Waals surface area contributed by atoms with Crippen LogP contribution in [0.15, 0.2) is 54.6 Å². The Kier molecular flexibility index (Phi) is 5.27. The predicted octanol–water partition coefficient (Wildman–Crippen LogP) is 2.49. The molecular weight excluding hydrogens is 356 g/mol. The molecule has 5 nitrogen and oxygen atoms in total. The number of rotatable bonds is 3. The first-order valence-corrected chi connectivity index (χ1v) is 9.07. The monoisotopic (exact) mass is 376 g/mol. The number of hydrogen-bond donors (Lipinski definition) is 2. The van der Waals surface area contributed by atoms with Crippen molar-refractivity contribution < 1.29 is 24.4 Å². The lowest BCUT2D eigenvalue weighted by atomic mass is 9.91. The van der Waals surface area contributed by atoms with Crippen LogP contribution < -0.4 is 0 Å². The van der Waals surface area contributed by atoms with Crippen LogP contribution in [-0.4, -0.2) is 47.3 Å². The highest BCUT2D eigenvalue weighted by atomic mass is 35.5. The van der Waals surface area contributed by atoms with E-state index in [4.69, 9.17) is 25.8 Å². The SMILES string of the molecule is O[C@@H]1[C@@H](O)[C@H](Cc2ccccc2)O[C@@H]2CO[C@@H](c3ccc(Cl)cc3)O[C@@H]12. The molecule has 2 fully saturated rings. The summed E-state index contributed by atoms with van der Waals surface area (Å²) in [6, 6.07) is 16.9. The highest BCUT2D eigenvalue weighted by Crippen LogP contribution is 2.35. The van der Waals surface area contributed by atoms with Gasteiger partial charge in [-0.1, -0.05) is 54.1 Å². The fourth-order valence-corrected chi connectivity index (χ4v) is 3.62. The third-order valence-electron chi connectivity index (χ3n) is 4.90. The molecule has 0 bridgehead atoms. The summed E-state index contributed by atoms with van der Waals surface area (Å²) in [7, 11) is 0. The van der Waals surface area contributed by atoms with Crippen LogP contribution in [0.3, 0.4) is 0 Å². The molecule has 2 heterocycles. The molecule has 6 atom stereocenters. The van der Waals surface area contributed by atoms with Gasteiger partial charge in [-0.05, 0) is 17.7 Å². The molecule has 2 aliphatic rings. The summed E-state index contributed by atoms with van der Waals surface area (Å²) in [5.41, 5.74) is 1.85. The normalized spacial score (nSPS) is 34.3. The van der Waals surface area contributed by atoms with Crippen LogP contribution in [0.4, 0.5) is 0 Å². The van der Waals surface area contributed by atoms with Gasteiger partial charge in [-0.25, -0.2) is 0 Å². The van der Waals surface area contributed by atoms with Crippen LogP contribution >= 0.6 is 11.6 Å². The molecule has 0 aliphatic carbocycles. The molecule has 26 heavy (non-hydrogen) atoms. The molecule has 2 saturated heterocycles. The highest BCUT2D eigenvalue weighted by molar-refractivity contribution is 6.30. The molecule has 0 radical (unpaired) electrons. The Morgan fingerprint density at radius 3 is 2.38 bits per heavy atom. The largest absolute Gasteiger partial charge is 0.388 e. The Balaban J connectivity index is 1.45. The zero-order valence-electron chi connectivity index (χ0n) is 14.1. The number of aliphatic hydroxyl groups is 2. The summed E-state index contributed by atoms with van der Waals surface area (Å²) < 4.78 is 17.7. The zero-order valence-corrected chi connectivity index (χ0v) is 14.8. The van der Waals surface area contributed by atoms with E-state index >= 15 is 0 Å². The van der Waals surface area contributed by atoms with Crippen LogP contribution in [0, 0.1) is 0 Å². The molecule has 0 amide bonds. The van der Waals surface area contributed by atoms with Crippen LogP contribution in [0.25, 0.3) is 0 Å². The van der Waals surface area contributed by atoms with E-state index in [0.717, 1.165) is 11.1 Å². The maximum absolute atomic E-state index is 10.6. The van der Waals surface area contributed by atoms with Gasteiger partial charge in [-0.15, -0.1) is 0 Å². The van der Waals surface area contributed by atoms with Gasteiger partial charge in [-0.2, -0.15) is 0 Å². The second kappa shape index (κ2) is 7.64. The molecule has 2 aliphatic heterocycles. The summed E-state index contributed by atoms with van der Waals surface area (Å²) in [6.07, 6.45) is -3.75. The number of fused-ring (bicyclic) bond motifs is 1. The Morgan fingerprint density at radius 1 is 0.923 bits per heavy atom. The number of benzene rings is 2. The quantitative estimate of drug-likeness (QED) is 0.861. The molecular formula is C20H21ClO5. The molecule has 0 unspecified atom stereocenters. The second-order valence-corrected chi connectivity index (χ2v) is 7.14. The number of aliphatic hydroxyl groups excluding tert-OH is 2. The summed E-state index contributed by atoms with van der Waals surface area (Å²) >= 11 is 5.91. The van der Waals surface area contributed by atoms with Crippen molar-refractivity contribution in [2.24, 2.45) is 0 Å². The van der Waals surface area contributed by atoms with Crippen molar-refractivity contribution in [2.45, 2.75) is 43.2 Å². The lowest BCUT2D eigenvalue weighted by Gasteiger charge is -2.46. The topological polar surface area (TPSA) is 68.2 Å². The average Bonchev–Trinajstić information content (AvgIpc) is 2.67. The van der Waals surface area contributed by atoms with Crippen LogP contribution in [0.5, 0.6) is 0 Å². The first-order valence-electron chi connectivity index (χ1n) is 8.70. The Morgan fingerprint density at radius 2 is 1.65 bits per heavy atom. The number of halogens is 1. The van der Waals surface area contributed by atoms with Crippen LogP contribution in [-0.2, 0) is 20.6 Å². The summed E-state index contributed by atoms with van der Waals surface area (Å²) in [4.78, 5) is 0.